The summed E-state index contributed by atoms with van der Waals surface area (Å²) < 4.78 is 5.77. The molecule has 0 aliphatic heterocycles. The van der Waals surface area contributed by atoms with Crippen LogP contribution in [0.25, 0.3) is 0 Å². The van der Waals surface area contributed by atoms with Crippen LogP contribution in [0.3, 0.4) is 0 Å². The Morgan fingerprint density at radius 3 is 1.85 bits per heavy atom. The van der Waals surface area contributed by atoms with E-state index in [9.17, 15) is 0 Å². The van der Waals surface area contributed by atoms with Crippen LogP contribution in [0, 0.1) is 17.8 Å². The van der Waals surface area contributed by atoms with E-state index in [-0.39, 0.29) is 0 Å². The molecule has 2 aliphatic rings. The second-order valence-corrected chi connectivity index (χ2v) is 6.86. The van der Waals surface area contributed by atoms with E-state index in [4.69, 9.17) is 4.74 Å². The number of allylic oxidation sites excluding steroid dienone is 1. The Bertz CT molecular complexity index is 280. The Balaban J connectivity index is 1.57. The molecule has 2 saturated carbocycles. The molecule has 0 atom stereocenters. The molecular formula is C19H32O. The first-order chi connectivity index (χ1) is 9.81. The summed E-state index contributed by atoms with van der Waals surface area (Å²) in [5, 5.41) is 0. The van der Waals surface area contributed by atoms with E-state index in [0.717, 1.165) is 24.4 Å². The fourth-order valence-electron chi connectivity index (χ4n) is 3.98. The first kappa shape index (κ1) is 15.8. The third-order valence-electron chi connectivity index (χ3n) is 5.45. The summed E-state index contributed by atoms with van der Waals surface area (Å²) in [7, 11) is 0. The van der Waals surface area contributed by atoms with E-state index in [0.29, 0.717) is 6.10 Å². The van der Waals surface area contributed by atoms with Crippen molar-refractivity contribution in [2.24, 2.45) is 17.8 Å². The molecule has 20 heavy (non-hydrogen) atoms. The van der Waals surface area contributed by atoms with Gasteiger partial charge in [0.15, 0.2) is 0 Å². The van der Waals surface area contributed by atoms with Gasteiger partial charge in [0, 0.05) is 0 Å². The van der Waals surface area contributed by atoms with Crippen LogP contribution in [-0.2, 0) is 4.74 Å². The van der Waals surface area contributed by atoms with Crippen LogP contribution in [0.15, 0.2) is 25.3 Å². The molecule has 0 heterocycles. The minimum atomic E-state index is 0.507. The fourth-order valence-corrected chi connectivity index (χ4v) is 3.98. The minimum absolute atomic E-state index is 0.507. The molecule has 0 radical (unpaired) electrons. The molecule has 0 amide bonds. The van der Waals surface area contributed by atoms with Crippen LogP contribution >= 0.6 is 0 Å². The van der Waals surface area contributed by atoms with Crippen molar-refractivity contribution in [3.8, 4) is 0 Å². The summed E-state index contributed by atoms with van der Waals surface area (Å²) >= 11 is 0. The smallest absolute Gasteiger partial charge is 0.0648 e. The summed E-state index contributed by atoms with van der Waals surface area (Å²) in [4.78, 5) is 0. The molecule has 0 bridgehead atoms. The zero-order valence-corrected chi connectivity index (χ0v) is 13.1. The highest BCUT2D eigenvalue weighted by molar-refractivity contribution is 4.84. The van der Waals surface area contributed by atoms with Crippen LogP contribution in [-0.4, -0.2) is 12.7 Å². The molecule has 114 valence electrons. The van der Waals surface area contributed by atoms with E-state index >= 15 is 0 Å². The predicted octanol–water partition coefficient (Wildman–Crippen LogP) is 5.52. The first-order valence-corrected chi connectivity index (χ1v) is 8.66. The second kappa shape index (κ2) is 8.67. The molecule has 1 nitrogen and oxygen atoms in total. The zero-order valence-electron chi connectivity index (χ0n) is 13.1. The van der Waals surface area contributed by atoms with Gasteiger partial charge < -0.3 is 4.74 Å². The molecule has 0 N–H and O–H groups in total. The lowest BCUT2D eigenvalue weighted by atomic mass is 9.77. The SMILES string of the molecule is C=CCO[C@H]1CC[C@H](CC[C@H]2CC[C@H](C=C)CC2)CC1. The molecule has 2 fully saturated rings. The largest absolute Gasteiger partial charge is 0.374 e. The van der Waals surface area contributed by atoms with Gasteiger partial charge in [0.25, 0.3) is 0 Å². The van der Waals surface area contributed by atoms with Gasteiger partial charge in [0.2, 0.25) is 0 Å². The summed E-state index contributed by atoms with van der Waals surface area (Å²) in [5.74, 6) is 2.78. The Morgan fingerprint density at radius 2 is 1.35 bits per heavy atom. The molecule has 0 spiro atoms. The van der Waals surface area contributed by atoms with Gasteiger partial charge in [-0.3, -0.25) is 0 Å². The van der Waals surface area contributed by atoms with Gasteiger partial charge in [0.05, 0.1) is 12.7 Å². The maximum atomic E-state index is 5.77. The van der Waals surface area contributed by atoms with Gasteiger partial charge in [-0.15, -0.1) is 13.2 Å². The quantitative estimate of drug-likeness (QED) is 0.556. The Morgan fingerprint density at radius 1 is 0.800 bits per heavy atom. The Hall–Kier alpha value is -0.560. The van der Waals surface area contributed by atoms with Crippen LogP contribution in [0.4, 0.5) is 0 Å². The average molecular weight is 276 g/mol. The predicted molar refractivity (Wildman–Crippen MR) is 86.8 cm³/mol. The van der Waals surface area contributed by atoms with Crippen molar-refractivity contribution >= 4 is 0 Å². The Kier molecular flexibility index (Phi) is 6.86. The molecular weight excluding hydrogens is 244 g/mol. The molecule has 0 saturated heterocycles. The molecule has 0 aromatic heterocycles. The maximum absolute atomic E-state index is 5.77. The van der Waals surface area contributed by atoms with Gasteiger partial charge in [-0.05, 0) is 69.1 Å². The topological polar surface area (TPSA) is 9.23 Å². The van der Waals surface area contributed by atoms with Gasteiger partial charge in [-0.1, -0.05) is 25.0 Å². The van der Waals surface area contributed by atoms with E-state index in [2.05, 4.69) is 19.2 Å². The number of hydrogen-bond acceptors (Lipinski definition) is 1. The zero-order chi connectivity index (χ0) is 14.2. The summed E-state index contributed by atoms with van der Waals surface area (Å²) in [5.41, 5.74) is 0. The first-order valence-electron chi connectivity index (χ1n) is 8.66. The third kappa shape index (κ3) is 5.09. The standard InChI is InChI=1S/C19H32O/c1-3-15-20-19-13-11-18(12-14-19)10-9-17-7-5-16(4-2)6-8-17/h3-4,16-19H,1-2,5-15H2/t16-,17-,18-,19-. The van der Waals surface area contributed by atoms with E-state index < -0.39 is 0 Å². The molecule has 0 unspecified atom stereocenters. The molecule has 2 aliphatic carbocycles. The minimum Gasteiger partial charge on any atom is -0.374 e. The van der Waals surface area contributed by atoms with Crippen molar-refractivity contribution in [3.05, 3.63) is 25.3 Å². The highest BCUT2D eigenvalue weighted by Crippen LogP contribution is 2.35. The second-order valence-electron chi connectivity index (χ2n) is 6.86. The van der Waals surface area contributed by atoms with E-state index in [1.165, 1.54) is 64.2 Å². The van der Waals surface area contributed by atoms with Gasteiger partial charge >= 0.3 is 0 Å². The van der Waals surface area contributed by atoms with Crippen molar-refractivity contribution < 1.29 is 4.74 Å². The molecule has 2 rings (SSSR count). The van der Waals surface area contributed by atoms with Crippen LogP contribution < -0.4 is 0 Å². The number of ether oxygens (including phenoxy) is 1. The lowest BCUT2D eigenvalue weighted by Gasteiger charge is -2.31. The lowest BCUT2D eigenvalue weighted by Crippen LogP contribution is -2.22. The number of hydrogen-bond donors (Lipinski definition) is 0. The van der Waals surface area contributed by atoms with E-state index in [1.54, 1.807) is 0 Å². The van der Waals surface area contributed by atoms with Gasteiger partial charge in [-0.25, -0.2) is 0 Å². The monoisotopic (exact) mass is 276 g/mol. The van der Waals surface area contributed by atoms with E-state index in [1.807, 2.05) is 6.08 Å². The molecule has 0 aromatic rings. The molecule has 1 heteroatoms. The fraction of sp³-hybridized carbons (Fsp3) is 0.789. The van der Waals surface area contributed by atoms with Crippen molar-refractivity contribution in [1.82, 2.24) is 0 Å². The summed E-state index contributed by atoms with van der Waals surface area (Å²) in [6.45, 7) is 8.38. The van der Waals surface area contributed by atoms with Crippen molar-refractivity contribution in [3.63, 3.8) is 0 Å². The lowest BCUT2D eigenvalue weighted by molar-refractivity contribution is 0.0327. The van der Waals surface area contributed by atoms with Crippen LogP contribution in [0.1, 0.15) is 64.2 Å². The van der Waals surface area contributed by atoms with Crippen LogP contribution in [0.2, 0.25) is 0 Å². The third-order valence-corrected chi connectivity index (χ3v) is 5.45. The van der Waals surface area contributed by atoms with Crippen molar-refractivity contribution in [2.45, 2.75) is 70.3 Å². The maximum Gasteiger partial charge on any atom is 0.0648 e. The van der Waals surface area contributed by atoms with Gasteiger partial charge in [-0.2, -0.15) is 0 Å². The van der Waals surface area contributed by atoms with Crippen molar-refractivity contribution in [1.29, 1.82) is 0 Å². The molecule has 0 aromatic carbocycles. The summed E-state index contributed by atoms with van der Waals surface area (Å²) in [6, 6.07) is 0. The normalized spacial score (nSPS) is 34.6. The highest BCUT2D eigenvalue weighted by Gasteiger charge is 2.24. The number of rotatable bonds is 7. The highest BCUT2D eigenvalue weighted by atomic mass is 16.5. The average Bonchev–Trinajstić information content (AvgIpc) is 2.52. The summed E-state index contributed by atoms with van der Waals surface area (Å²) in [6.07, 6.45) is 18.4. The van der Waals surface area contributed by atoms with Gasteiger partial charge in [0.1, 0.15) is 0 Å². The van der Waals surface area contributed by atoms with Crippen molar-refractivity contribution in [2.75, 3.05) is 6.61 Å². The van der Waals surface area contributed by atoms with Crippen LogP contribution in [0.5, 0.6) is 0 Å². The Labute approximate surface area is 125 Å².